The summed E-state index contributed by atoms with van der Waals surface area (Å²) < 4.78 is 11.3. The van der Waals surface area contributed by atoms with Gasteiger partial charge >= 0.3 is 0 Å². The summed E-state index contributed by atoms with van der Waals surface area (Å²) >= 11 is 0. The highest BCUT2D eigenvalue weighted by molar-refractivity contribution is 5.49. The molecule has 2 N–H and O–H groups in total. The predicted octanol–water partition coefficient (Wildman–Crippen LogP) is 1.94. The average Bonchev–Trinajstić information content (AvgIpc) is 2.47. The molecule has 4 heteroatoms. The number of hydrogen-bond acceptors (Lipinski definition) is 4. The molecule has 0 aromatic heterocycles. The molecule has 3 rings (SSSR count). The zero-order valence-electron chi connectivity index (χ0n) is 11.5. The van der Waals surface area contributed by atoms with Gasteiger partial charge in [-0.25, -0.2) is 0 Å². The third-order valence-corrected chi connectivity index (χ3v) is 4.16. The molecule has 0 saturated carbocycles. The van der Waals surface area contributed by atoms with Gasteiger partial charge in [-0.05, 0) is 38.1 Å². The Bertz CT molecular complexity index is 430. The van der Waals surface area contributed by atoms with E-state index in [1.807, 2.05) is 18.2 Å². The van der Waals surface area contributed by atoms with Crippen LogP contribution in [-0.2, 0) is 0 Å². The van der Waals surface area contributed by atoms with Gasteiger partial charge in [0.25, 0.3) is 0 Å². The van der Waals surface area contributed by atoms with Crippen molar-refractivity contribution in [2.45, 2.75) is 31.3 Å². The molecular formula is C15H22N2O2. The maximum absolute atomic E-state index is 6.33. The molecule has 1 aromatic carbocycles. The van der Waals surface area contributed by atoms with Crippen molar-refractivity contribution in [2.75, 3.05) is 26.8 Å². The number of methoxy groups -OCH3 is 1. The monoisotopic (exact) mass is 262 g/mol. The normalized spacial score (nSPS) is 27.5. The van der Waals surface area contributed by atoms with E-state index in [1.54, 1.807) is 7.11 Å². The van der Waals surface area contributed by atoms with Gasteiger partial charge in [-0.15, -0.1) is 0 Å². The zero-order chi connectivity index (χ0) is 13.2. The van der Waals surface area contributed by atoms with E-state index in [4.69, 9.17) is 15.2 Å². The van der Waals surface area contributed by atoms with Crippen molar-refractivity contribution in [3.63, 3.8) is 0 Å². The first kappa shape index (κ1) is 12.8. The number of likely N-dealkylation sites (tertiary alicyclic amines) is 1. The Kier molecular flexibility index (Phi) is 3.62. The fourth-order valence-electron chi connectivity index (χ4n) is 3.26. The topological polar surface area (TPSA) is 47.7 Å². The molecule has 1 saturated heterocycles. The summed E-state index contributed by atoms with van der Waals surface area (Å²) in [5.41, 5.74) is 7.46. The Morgan fingerprint density at radius 2 is 2.05 bits per heavy atom. The van der Waals surface area contributed by atoms with Crippen LogP contribution in [-0.4, -0.2) is 37.7 Å². The van der Waals surface area contributed by atoms with Crippen LogP contribution in [0.15, 0.2) is 18.2 Å². The Morgan fingerprint density at radius 1 is 1.26 bits per heavy atom. The Labute approximate surface area is 114 Å². The SMILES string of the molecule is COc1cccc2c1C(N1CCCCC1)C(N)CO2. The van der Waals surface area contributed by atoms with Crippen LogP contribution in [0.3, 0.4) is 0 Å². The van der Waals surface area contributed by atoms with Gasteiger partial charge < -0.3 is 15.2 Å². The number of piperidine rings is 1. The van der Waals surface area contributed by atoms with Crippen molar-refractivity contribution in [3.05, 3.63) is 23.8 Å². The lowest BCUT2D eigenvalue weighted by atomic mass is 9.92. The molecule has 2 aliphatic heterocycles. The molecule has 2 atom stereocenters. The minimum atomic E-state index is 0.0156. The number of rotatable bonds is 2. The van der Waals surface area contributed by atoms with Crippen molar-refractivity contribution < 1.29 is 9.47 Å². The van der Waals surface area contributed by atoms with Gasteiger partial charge in [0.05, 0.1) is 24.8 Å². The number of nitrogens with two attached hydrogens (primary N) is 1. The molecule has 2 heterocycles. The van der Waals surface area contributed by atoms with Crippen molar-refractivity contribution >= 4 is 0 Å². The standard InChI is InChI=1S/C15H22N2O2/c1-18-12-6-5-7-13-14(12)15(11(16)10-19-13)17-8-3-2-4-9-17/h5-7,11,15H,2-4,8-10,16H2,1H3. The first-order valence-corrected chi connectivity index (χ1v) is 7.10. The van der Waals surface area contributed by atoms with Crippen LogP contribution in [0.1, 0.15) is 30.9 Å². The van der Waals surface area contributed by atoms with E-state index in [0.29, 0.717) is 6.61 Å². The van der Waals surface area contributed by atoms with Gasteiger partial charge in [-0.3, -0.25) is 4.90 Å². The highest BCUT2D eigenvalue weighted by Gasteiger charge is 2.36. The van der Waals surface area contributed by atoms with E-state index in [1.165, 1.54) is 19.3 Å². The molecule has 2 aliphatic rings. The summed E-state index contributed by atoms with van der Waals surface area (Å²) in [5, 5.41) is 0. The van der Waals surface area contributed by atoms with Crippen molar-refractivity contribution in [2.24, 2.45) is 5.73 Å². The van der Waals surface area contributed by atoms with E-state index >= 15 is 0 Å². The van der Waals surface area contributed by atoms with Crippen LogP contribution in [0.5, 0.6) is 11.5 Å². The zero-order valence-corrected chi connectivity index (χ0v) is 11.5. The van der Waals surface area contributed by atoms with Gasteiger partial charge in [-0.2, -0.15) is 0 Å². The maximum atomic E-state index is 6.33. The molecule has 0 amide bonds. The number of fused-ring (bicyclic) bond motifs is 1. The highest BCUT2D eigenvalue weighted by atomic mass is 16.5. The highest BCUT2D eigenvalue weighted by Crippen LogP contribution is 2.42. The third-order valence-electron chi connectivity index (χ3n) is 4.16. The minimum absolute atomic E-state index is 0.0156. The minimum Gasteiger partial charge on any atom is -0.496 e. The molecule has 0 radical (unpaired) electrons. The van der Waals surface area contributed by atoms with Crippen LogP contribution in [0.2, 0.25) is 0 Å². The number of ether oxygens (including phenoxy) is 2. The second-order valence-corrected chi connectivity index (χ2v) is 5.39. The van der Waals surface area contributed by atoms with Crippen molar-refractivity contribution in [3.8, 4) is 11.5 Å². The summed E-state index contributed by atoms with van der Waals surface area (Å²) in [7, 11) is 1.71. The van der Waals surface area contributed by atoms with E-state index in [2.05, 4.69) is 4.90 Å². The van der Waals surface area contributed by atoms with Crippen LogP contribution in [0.4, 0.5) is 0 Å². The molecule has 0 aliphatic carbocycles. The second-order valence-electron chi connectivity index (χ2n) is 5.39. The maximum Gasteiger partial charge on any atom is 0.127 e. The second kappa shape index (κ2) is 5.39. The Morgan fingerprint density at radius 3 is 2.79 bits per heavy atom. The lowest BCUT2D eigenvalue weighted by molar-refractivity contribution is 0.0981. The summed E-state index contributed by atoms with van der Waals surface area (Å²) in [4.78, 5) is 2.50. The van der Waals surface area contributed by atoms with Crippen LogP contribution < -0.4 is 15.2 Å². The molecular weight excluding hydrogens is 240 g/mol. The number of hydrogen-bond donors (Lipinski definition) is 1. The quantitative estimate of drug-likeness (QED) is 0.885. The Balaban J connectivity index is 1.99. The van der Waals surface area contributed by atoms with Gasteiger partial charge in [0.2, 0.25) is 0 Å². The van der Waals surface area contributed by atoms with E-state index in [-0.39, 0.29) is 12.1 Å². The van der Waals surface area contributed by atoms with Gasteiger partial charge in [0, 0.05) is 0 Å². The number of nitrogens with zero attached hydrogens (tertiary/aromatic N) is 1. The lowest BCUT2D eigenvalue weighted by Gasteiger charge is -2.41. The van der Waals surface area contributed by atoms with Crippen LogP contribution in [0.25, 0.3) is 0 Å². The molecule has 104 valence electrons. The number of benzene rings is 1. The molecule has 0 bridgehead atoms. The van der Waals surface area contributed by atoms with Gasteiger partial charge in [0.1, 0.15) is 18.1 Å². The molecule has 1 aromatic rings. The summed E-state index contributed by atoms with van der Waals surface area (Å²) in [6.07, 6.45) is 3.84. The average molecular weight is 262 g/mol. The fraction of sp³-hybridized carbons (Fsp3) is 0.600. The largest absolute Gasteiger partial charge is 0.496 e. The van der Waals surface area contributed by atoms with Crippen molar-refractivity contribution in [1.29, 1.82) is 0 Å². The van der Waals surface area contributed by atoms with Gasteiger partial charge in [0.15, 0.2) is 0 Å². The first-order chi connectivity index (χ1) is 9.31. The summed E-state index contributed by atoms with van der Waals surface area (Å²) in [6.45, 7) is 2.83. The summed E-state index contributed by atoms with van der Waals surface area (Å²) in [6, 6.07) is 6.22. The molecule has 2 unspecified atom stereocenters. The van der Waals surface area contributed by atoms with E-state index in [0.717, 1.165) is 30.2 Å². The molecule has 4 nitrogen and oxygen atoms in total. The molecule has 0 spiro atoms. The fourth-order valence-corrected chi connectivity index (χ4v) is 3.26. The van der Waals surface area contributed by atoms with E-state index in [9.17, 15) is 0 Å². The van der Waals surface area contributed by atoms with Crippen LogP contribution in [0, 0.1) is 0 Å². The Hall–Kier alpha value is -1.26. The third kappa shape index (κ3) is 2.30. The van der Waals surface area contributed by atoms with E-state index < -0.39 is 0 Å². The van der Waals surface area contributed by atoms with Crippen molar-refractivity contribution in [1.82, 2.24) is 4.90 Å². The molecule has 1 fully saturated rings. The van der Waals surface area contributed by atoms with Crippen LogP contribution >= 0.6 is 0 Å². The predicted molar refractivity (Wildman–Crippen MR) is 74.6 cm³/mol. The smallest absolute Gasteiger partial charge is 0.127 e. The first-order valence-electron chi connectivity index (χ1n) is 7.10. The van der Waals surface area contributed by atoms with Gasteiger partial charge in [-0.1, -0.05) is 12.5 Å². The summed E-state index contributed by atoms with van der Waals surface area (Å²) in [5.74, 6) is 1.82. The lowest BCUT2D eigenvalue weighted by Crippen LogP contribution is -2.48. The molecule has 19 heavy (non-hydrogen) atoms.